The molecule has 1 heterocycles. The van der Waals surface area contributed by atoms with Crippen LogP contribution in [-0.2, 0) is 11.4 Å². The van der Waals surface area contributed by atoms with Crippen molar-refractivity contribution in [2.75, 3.05) is 32.4 Å². The number of likely N-dealkylation sites (tertiary alicyclic amines) is 1. The molecule has 1 atom stereocenters. The van der Waals surface area contributed by atoms with Crippen molar-refractivity contribution in [2.24, 2.45) is 4.99 Å². The molecule has 0 aliphatic carbocycles. The number of rotatable bonds is 7. The van der Waals surface area contributed by atoms with Crippen molar-refractivity contribution < 1.29 is 22.7 Å². The van der Waals surface area contributed by atoms with Crippen LogP contribution in [0, 0.1) is 0 Å². The molecule has 9 heteroatoms. The lowest BCUT2D eigenvalue weighted by atomic mass is 10.1. The molecule has 3 rings (SSSR count). The molecule has 3 N–H and O–H groups in total. The van der Waals surface area contributed by atoms with Crippen molar-refractivity contribution in [3.8, 4) is 5.75 Å². The van der Waals surface area contributed by atoms with Crippen LogP contribution in [0.1, 0.15) is 17.5 Å². The van der Waals surface area contributed by atoms with E-state index in [9.17, 15) is 18.0 Å². The number of nitrogens with two attached hydrogens (primary N) is 1. The Morgan fingerprint density at radius 3 is 2.68 bits per heavy atom. The Bertz CT molecular complexity index is 932. The molecule has 1 unspecified atom stereocenters. The lowest BCUT2D eigenvalue weighted by molar-refractivity contribution is -0.143. The van der Waals surface area contributed by atoms with Crippen LogP contribution in [0.15, 0.2) is 53.5 Å². The topological polar surface area (TPSA) is 80.0 Å². The van der Waals surface area contributed by atoms with E-state index in [-0.39, 0.29) is 24.8 Å². The lowest BCUT2D eigenvalue weighted by Crippen LogP contribution is -2.42. The molecule has 31 heavy (non-hydrogen) atoms. The van der Waals surface area contributed by atoms with Crippen molar-refractivity contribution in [3.63, 3.8) is 0 Å². The number of hydrogen-bond acceptors (Lipinski definition) is 5. The zero-order valence-electron chi connectivity index (χ0n) is 17.2. The fraction of sp³-hybridized carbons (Fsp3) is 0.364. The Labute approximate surface area is 178 Å². The molecule has 6 nitrogen and oxygen atoms in total. The molecule has 1 aliphatic heterocycles. The maximum Gasteiger partial charge on any atom is 0.401 e. The molecular weight excluding hydrogens is 409 g/mol. The number of amides is 1. The smallest absolute Gasteiger partial charge is 0.401 e. The van der Waals surface area contributed by atoms with Crippen molar-refractivity contribution in [1.82, 2.24) is 10.2 Å². The zero-order chi connectivity index (χ0) is 22.4. The number of benzene rings is 2. The minimum absolute atomic E-state index is 0.108. The second-order valence-corrected chi connectivity index (χ2v) is 7.40. The summed E-state index contributed by atoms with van der Waals surface area (Å²) in [5.74, 6) is 0.0486. The molecule has 1 saturated heterocycles. The third kappa shape index (κ3) is 6.45. The molecular formula is C22H25F3N4O2. The first kappa shape index (κ1) is 22.6. The van der Waals surface area contributed by atoms with E-state index in [1.165, 1.54) is 11.9 Å². The molecule has 0 spiro atoms. The van der Waals surface area contributed by atoms with Crippen molar-refractivity contribution in [3.05, 3.63) is 59.7 Å². The van der Waals surface area contributed by atoms with Gasteiger partial charge in [0.2, 0.25) is 0 Å². The van der Waals surface area contributed by atoms with Crippen molar-refractivity contribution >= 4 is 17.3 Å². The molecule has 0 bridgehead atoms. The summed E-state index contributed by atoms with van der Waals surface area (Å²) < 4.78 is 43.5. The van der Waals surface area contributed by atoms with E-state index in [4.69, 9.17) is 10.5 Å². The molecule has 1 fully saturated rings. The predicted octanol–water partition coefficient (Wildman–Crippen LogP) is 3.02. The number of aliphatic imine (C=N–C) groups is 1. The van der Waals surface area contributed by atoms with Crippen LogP contribution >= 0.6 is 0 Å². The number of carbonyl (C=O) groups is 1. The number of nitrogens with one attached hydrogen (secondary N) is 1. The molecule has 1 aliphatic rings. The van der Waals surface area contributed by atoms with Gasteiger partial charge >= 0.3 is 6.18 Å². The molecule has 166 valence electrons. The van der Waals surface area contributed by atoms with E-state index in [1.807, 2.05) is 30.3 Å². The molecule has 0 saturated carbocycles. The molecule has 0 aromatic heterocycles. The normalized spacial score (nSPS) is 17.5. The Morgan fingerprint density at radius 1 is 1.26 bits per heavy atom. The summed E-state index contributed by atoms with van der Waals surface area (Å²) in [7, 11) is 1.47. The number of hydrogen-bond donors (Lipinski definition) is 2. The average Bonchev–Trinajstić information content (AvgIpc) is 3.14. The largest absolute Gasteiger partial charge is 0.489 e. The van der Waals surface area contributed by atoms with Gasteiger partial charge in [-0.2, -0.15) is 13.2 Å². The van der Waals surface area contributed by atoms with Gasteiger partial charge in [-0.15, -0.1) is 0 Å². The molecule has 2 aromatic carbocycles. The number of ether oxygens (including phenoxy) is 1. The van der Waals surface area contributed by atoms with Gasteiger partial charge in [-0.25, -0.2) is 0 Å². The summed E-state index contributed by atoms with van der Waals surface area (Å²) in [6, 6.07) is 14.2. The highest BCUT2D eigenvalue weighted by Gasteiger charge is 2.35. The second-order valence-electron chi connectivity index (χ2n) is 7.40. The SMILES string of the molecule is CN=C(C(=O)NC1CCN(CC(F)(F)F)C1)c1cc(OCc2ccccc2)ccc1N. The fourth-order valence-electron chi connectivity index (χ4n) is 3.52. The Kier molecular flexibility index (Phi) is 7.17. The summed E-state index contributed by atoms with van der Waals surface area (Å²) in [5, 5.41) is 2.77. The zero-order valence-corrected chi connectivity index (χ0v) is 17.2. The third-order valence-corrected chi connectivity index (χ3v) is 4.98. The quantitative estimate of drug-likeness (QED) is 0.519. The van der Waals surface area contributed by atoms with E-state index in [2.05, 4.69) is 10.3 Å². The second kappa shape index (κ2) is 9.82. The van der Waals surface area contributed by atoms with Crippen LogP contribution in [0.4, 0.5) is 18.9 Å². The molecule has 1 amide bonds. The van der Waals surface area contributed by atoms with Crippen molar-refractivity contribution in [1.29, 1.82) is 0 Å². The summed E-state index contributed by atoms with van der Waals surface area (Å²) in [6.45, 7) is -0.222. The standard InChI is InChI=1S/C22H25F3N4O2/c1-27-20(21(30)28-16-9-10-29(12-16)14-22(23,24)25)18-11-17(7-8-19(18)26)31-13-15-5-3-2-4-6-15/h2-8,11,16H,9-10,12-14,26H2,1H3,(H,28,30). The number of anilines is 1. The summed E-state index contributed by atoms with van der Waals surface area (Å²) >= 11 is 0. The number of nitrogens with zero attached hydrogens (tertiary/aromatic N) is 2. The van der Waals surface area contributed by atoms with Crippen LogP contribution in [0.3, 0.4) is 0 Å². The predicted molar refractivity (Wildman–Crippen MR) is 113 cm³/mol. The first-order chi connectivity index (χ1) is 14.7. The maximum atomic E-state index is 12.8. The summed E-state index contributed by atoms with van der Waals surface area (Å²) in [6.07, 6.45) is -3.82. The van der Waals surface area contributed by atoms with Gasteiger partial charge < -0.3 is 15.8 Å². The van der Waals surface area contributed by atoms with Gasteiger partial charge in [0.05, 0.1) is 6.54 Å². The van der Waals surface area contributed by atoms with E-state index >= 15 is 0 Å². The first-order valence-corrected chi connectivity index (χ1v) is 9.88. The minimum atomic E-state index is -4.26. The first-order valence-electron chi connectivity index (χ1n) is 9.88. The monoisotopic (exact) mass is 434 g/mol. The van der Waals surface area contributed by atoms with Crippen LogP contribution in [0.25, 0.3) is 0 Å². The third-order valence-electron chi connectivity index (χ3n) is 4.98. The highest BCUT2D eigenvalue weighted by Crippen LogP contribution is 2.23. The van der Waals surface area contributed by atoms with E-state index in [1.54, 1.807) is 18.2 Å². The Morgan fingerprint density at radius 2 is 2.00 bits per heavy atom. The van der Waals surface area contributed by atoms with Crippen molar-refractivity contribution in [2.45, 2.75) is 25.2 Å². The highest BCUT2D eigenvalue weighted by atomic mass is 19.4. The van der Waals surface area contributed by atoms with E-state index in [0.717, 1.165) is 5.56 Å². The summed E-state index contributed by atoms with van der Waals surface area (Å²) in [5.41, 5.74) is 7.93. The number of carbonyl (C=O) groups excluding carboxylic acids is 1. The lowest BCUT2D eigenvalue weighted by Gasteiger charge is -2.19. The summed E-state index contributed by atoms with van der Waals surface area (Å²) in [4.78, 5) is 18.1. The Hall–Kier alpha value is -3.07. The number of halogens is 3. The van der Waals surface area contributed by atoms with Gasteiger partial charge in [0.15, 0.2) is 0 Å². The Balaban J connectivity index is 1.65. The van der Waals surface area contributed by atoms with Gasteiger partial charge in [-0.1, -0.05) is 30.3 Å². The van der Waals surface area contributed by atoms with Gasteiger partial charge in [-0.05, 0) is 30.2 Å². The van der Waals surface area contributed by atoms with Gasteiger partial charge in [0.25, 0.3) is 5.91 Å². The van der Waals surface area contributed by atoms with Crippen LogP contribution in [0.5, 0.6) is 5.75 Å². The molecule has 0 radical (unpaired) electrons. The van der Waals surface area contributed by atoms with E-state index < -0.39 is 18.6 Å². The number of nitrogen functional groups attached to an aromatic ring is 1. The van der Waals surface area contributed by atoms with Gasteiger partial charge in [0, 0.05) is 37.4 Å². The van der Waals surface area contributed by atoms with Crippen LogP contribution < -0.4 is 15.8 Å². The average molecular weight is 434 g/mol. The van der Waals surface area contributed by atoms with Gasteiger partial charge in [-0.3, -0.25) is 14.7 Å². The maximum absolute atomic E-state index is 12.8. The van der Waals surface area contributed by atoms with Gasteiger partial charge in [0.1, 0.15) is 18.1 Å². The fourth-order valence-corrected chi connectivity index (χ4v) is 3.52. The number of alkyl halides is 3. The highest BCUT2D eigenvalue weighted by molar-refractivity contribution is 6.46. The van der Waals surface area contributed by atoms with E-state index in [0.29, 0.717) is 30.0 Å². The van der Waals surface area contributed by atoms with Crippen LogP contribution in [0.2, 0.25) is 0 Å². The minimum Gasteiger partial charge on any atom is -0.489 e. The molecule has 2 aromatic rings. The van der Waals surface area contributed by atoms with Crippen LogP contribution in [-0.4, -0.2) is 55.4 Å².